The molecule has 3 saturated heterocycles. The number of benzene rings is 2. The highest BCUT2D eigenvalue weighted by Crippen LogP contribution is 2.66. The predicted octanol–water partition coefficient (Wildman–Crippen LogP) is 5.59. The van der Waals surface area contributed by atoms with Crippen LogP contribution in [0.5, 0.6) is 0 Å². The van der Waals surface area contributed by atoms with E-state index in [1.54, 1.807) is 10.9 Å². The zero-order valence-corrected chi connectivity index (χ0v) is 24.6. The van der Waals surface area contributed by atoms with Crippen LogP contribution in [0.15, 0.2) is 48.5 Å². The van der Waals surface area contributed by atoms with Crippen LogP contribution in [-0.2, 0) is 16.4 Å². The van der Waals surface area contributed by atoms with E-state index in [9.17, 15) is 4.79 Å². The fraction of sp³-hybridized carbons (Fsp3) is 0.581. The molecule has 3 atom stereocenters. The van der Waals surface area contributed by atoms with Crippen molar-refractivity contribution < 1.29 is 4.79 Å². The van der Waals surface area contributed by atoms with Gasteiger partial charge in [0.05, 0.1) is 0 Å². The number of Topliss-reactive ketones (excluding diaryl/α,β-unsaturated/α-hetero) is 1. The molecule has 3 heterocycles. The lowest BCUT2D eigenvalue weighted by atomic mass is 9.74. The van der Waals surface area contributed by atoms with Gasteiger partial charge in [-0.1, -0.05) is 84.1 Å². The van der Waals surface area contributed by atoms with Gasteiger partial charge in [-0.05, 0) is 89.6 Å². The fourth-order valence-corrected chi connectivity index (χ4v) is 12.9. The minimum Gasteiger partial charge on any atom is -0.316 e. The number of hydrogen-bond acceptors (Lipinski definition) is 3. The zero-order chi connectivity index (χ0) is 25.6. The maximum atomic E-state index is 12.8. The first-order valence-corrected chi connectivity index (χ1v) is 15.7. The van der Waals surface area contributed by atoms with Crippen molar-refractivity contribution in [3.8, 4) is 0 Å². The molecule has 0 radical (unpaired) electrons. The highest BCUT2D eigenvalue weighted by atomic mass is 31.1. The molecule has 5 heteroatoms. The van der Waals surface area contributed by atoms with Gasteiger partial charge in [0.15, 0.2) is 0 Å². The second kappa shape index (κ2) is 10.2. The number of rotatable bonds is 6. The molecule has 3 fully saturated rings. The van der Waals surface area contributed by atoms with Crippen molar-refractivity contribution in [3.63, 3.8) is 0 Å². The largest absolute Gasteiger partial charge is 0.316 e. The Kier molecular flexibility index (Phi) is 7.52. The first-order chi connectivity index (χ1) is 17.1. The predicted molar refractivity (Wildman–Crippen MR) is 158 cm³/mol. The SMILES string of the molecule is CC1(C)CC(=O)CC(C)(C)P1c1ccc(Cc2ccccc2)cc1C(P)(C1CCNC1)C1CCNC1. The first kappa shape index (κ1) is 26.5. The average Bonchev–Trinajstić information content (AvgIpc) is 3.53. The van der Waals surface area contributed by atoms with Crippen LogP contribution in [0.3, 0.4) is 0 Å². The number of nitrogens with one attached hydrogen (secondary N) is 2. The lowest BCUT2D eigenvalue weighted by Gasteiger charge is -2.52. The summed E-state index contributed by atoms with van der Waals surface area (Å²) in [6, 6.07) is 18.3. The Morgan fingerprint density at radius 2 is 1.47 bits per heavy atom. The van der Waals surface area contributed by atoms with Gasteiger partial charge < -0.3 is 10.6 Å². The Morgan fingerprint density at radius 1 is 0.889 bits per heavy atom. The smallest absolute Gasteiger partial charge is 0.134 e. The molecule has 2 aromatic carbocycles. The molecular weight excluding hydrogens is 478 g/mol. The minimum absolute atomic E-state index is 0.00269. The van der Waals surface area contributed by atoms with Crippen LogP contribution in [0.1, 0.15) is 70.1 Å². The van der Waals surface area contributed by atoms with Gasteiger partial charge in [0.25, 0.3) is 0 Å². The Balaban J connectivity index is 1.68. The molecule has 0 spiro atoms. The molecule has 3 aliphatic rings. The molecule has 0 aromatic heterocycles. The van der Waals surface area contributed by atoms with Crippen molar-refractivity contribution in [2.24, 2.45) is 11.8 Å². The van der Waals surface area contributed by atoms with Gasteiger partial charge in [-0.25, -0.2) is 0 Å². The highest BCUT2D eigenvalue weighted by Gasteiger charge is 2.52. The van der Waals surface area contributed by atoms with Crippen LogP contribution >= 0.6 is 17.2 Å². The van der Waals surface area contributed by atoms with Crippen molar-refractivity contribution in [2.75, 3.05) is 26.2 Å². The van der Waals surface area contributed by atoms with Crippen LogP contribution in [0.4, 0.5) is 0 Å². The van der Waals surface area contributed by atoms with Crippen molar-refractivity contribution in [3.05, 3.63) is 65.2 Å². The van der Waals surface area contributed by atoms with E-state index in [-0.39, 0.29) is 15.5 Å². The van der Waals surface area contributed by atoms with Crippen LogP contribution in [-0.4, -0.2) is 42.3 Å². The summed E-state index contributed by atoms with van der Waals surface area (Å²) in [6.45, 7) is 13.8. The summed E-state index contributed by atoms with van der Waals surface area (Å²) in [4.78, 5) is 12.8. The van der Waals surface area contributed by atoms with E-state index < -0.39 is 7.92 Å². The fourth-order valence-electron chi connectivity index (χ4n) is 7.62. The van der Waals surface area contributed by atoms with Crippen LogP contribution in [0.25, 0.3) is 0 Å². The molecule has 0 saturated carbocycles. The normalized spacial score (nSPS) is 27.8. The number of carbonyl (C=O) groups is 1. The Morgan fingerprint density at radius 3 is 2.00 bits per heavy atom. The van der Waals surface area contributed by atoms with E-state index in [0.29, 0.717) is 30.5 Å². The number of hydrogen-bond donors (Lipinski definition) is 2. The molecule has 5 rings (SSSR count). The number of ketones is 1. The van der Waals surface area contributed by atoms with Crippen LogP contribution < -0.4 is 15.9 Å². The molecule has 0 bridgehead atoms. The summed E-state index contributed by atoms with van der Waals surface area (Å²) in [7, 11) is 2.92. The lowest BCUT2D eigenvalue weighted by Crippen LogP contribution is -2.47. The molecule has 3 aliphatic heterocycles. The van der Waals surface area contributed by atoms with Crippen molar-refractivity contribution in [2.45, 2.75) is 75.3 Å². The van der Waals surface area contributed by atoms with Gasteiger partial charge >= 0.3 is 0 Å². The lowest BCUT2D eigenvalue weighted by molar-refractivity contribution is -0.120. The zero-order valence-electron chi connectivity index (χ0n) is 22.6. The summed E-state index contributed by atoms with van der Waals surface area (Å²) in [5.41, 5.74) is 4.33. The van der Waals surface area contributed by atoms with E-state index in [0.717, 1.165) is 32.6 Å². The molecule has 194 valence electrons. The molecule has 3 unspecified atom stereocenters. The third-order valence-corrected chi connectivity index (χ3v) is 13.8. The highest BCUT2D eigenvalue weighted by molar-refractivity contribution is 7.69. The van der Waals surface area contributed by atoms with E-state index in [2.05, 4.69) is 96.1 Å². The van der Waals surface area contributed by atoms with Gasteiger partial charge in [-0.3, -0.25) is 4.79 Å². The molecule has 36 heavy (non-hydrogen) atoms. The molecule has 0 amide bonds. The molecule has 2 N–H and O–H groups in total. The molecule has 2 aromatic rings. The van der Waals surface area contributed by atoms with Crippen LogP contribution in [0, 0.1) is 11.8 Å². The Hall–Kier alpha value is -1.11. The maximum absolute atomic E-state index is 12.8. The van der Waals surface area contributed by atoms with Crippen LogP contribution in [0.2, 0.25) is 0 Å². The van der Waals surface area contributed by atoms with E-state index in [1.165, 1.54) is 24.0 Å². The van der Waals surface area contributed by atoms with E-state index in [1.807, 2.05) is 0 Å². The average molecular weight is 523 g/mol. The Labute approximate surface area is 221 Å². The molecule has 0 aliphatic carbocycles. The summed E-state index contributed by atoms with van der Waals surface area (Å²) in [5.74, 6) is 1.64. The van der Waals surface area contributed by atoms with E-state index >= 15 is 0 Å². The first-order valence-electron chi connectivity index (χ1n) is 13.8. The quantitative estimate of drug-likeness (QED) is 0.486. The molecule has 3 nitrogen and oxygen atoms in total. The second-order valence-electron chi connectivity index (χ2n) is 12.7. The summed E-state index contributed by atoms with van der Waals surface area (Å²) in [6.07, 6.45) is 4.82. The van der Waals surface area contributed by atoms with Crippen molar-refractivity contribution >= 4 is 28.2 Å². The summed E-state index contributed by atoms with van der Waals surface area (Å²) in [5, 5.41) is 8.96. The minimum atomic E-state index is -0.540. The summed E-state index contributed by atoms with van der Waals surface area (Å²) >= 11 is 0. The summed E-state index contributed by atoms with van der Waals surface area (Å²) < 4.78 is 0. The molecular formula is C31H44N2OP2. The van der Waals surface area contributed by atoms with E-state index in [4.69, 9.17) is 0 Å². The monoisotopic (exact) mass is 522 g/mol. The Bertz CT molecular complexity index is 1050. The maximum Gasteiger partial charge on any atom is 0.134 e. The van der Waals surface area contributed by atoms with Crippen molar-refractivity contribution in [1.82, 2.24) is 10.6 Å². The van der Waals surface area contributed by atoms with Gasteiger partial charge in [-0.2, -0.15) is 0 Å². The van der Waals surface area contributed by atoms with Gasteiger partial charge in [0.2, 0.25) is 0 Å². The second-order valence-corrected chi connectivity index (χ2v) is 17.2. The third-order valence-electron chi connectivity index (χ3n) is 8.96. The van der Waals surface area contributed by atoms with Gasteiger partial charge in [0.1, 0.15) is 5.78 Å². The standard InChI is InChI=1S/C31H44N2OP2/c1-29(2)18-26(34)19-30(3,4)36(29)28-11-10-23(16-22-8-6-5-7-9-22)17-27(28)31(35,24-12-14-32-20-24)25-13-15-33-21-25/h5-11,17,24-25,32-33H,12-16,18-21,35H2,1-4H3. The van der Waals surface area contributed by atoms with Crippen molar-refractivity contribution in [1.29, 1.82) is 0 Å². The topological polar surface area (TPSA) is 41.1 Å². The van der Waals surface area contributed by atoms with Gasteiger partial charge in [0, 0.05) is 18.0 Å². The number of carbonyl (C=O) groups excluding carboxylic acids is 1. The van der Waals surface area contributed by atoms with Gasteiger partial charge in [-0.15, -0.1) is 9.24 Å². The third kappa shape index (κ3) is 4.99.